The van der Waals surface area contributed by atoms with Crippen molar-refractivity contribution in [3.05, 3.63) is 0 Å². The molecule has 1 saturated carbocycles. The van der Waals surface area contributed by atoms with Crippen LogP contribution in [-0.4, -0.2) is 52.0 Å². The molecule has 2 N–H and O–H groups in total. The molecule has 5 heteroatoms. The molecular weight excluding hydrogens is 220 g/mol. The molecular formula is C12H24N2O3. The first-order valence-electron chi connectivity index (χ1n) is 6.39. The lowest BCUT2D eigenvalue weighted by molar-refractivity contribution is -0.120. The third kappa shape index (κ3) is 9.09. The smallest absolute Gasteiger partial charge is 0.234 e. The van der Waals surface area contributed by atoms with Crippen molar-refractivity contribution in [2.24, 2.45) is 0 Å². The van der Waals surface area contributed by atoms with E-state index in [2.05, 4.69) is 10.6 Å². The van der Waals surface area contributed by atoms with Gasteiger partial charge < -0.3 is 20.1 Å². The number of unbranched alkanes of at least 4 members (excludes halogenated alkanes) is 1. The van der Waals surface area contributed by atoms with E-state index < -0.39 is 0 Å². The molecule has 1 amide bonds. The van der Waals surface area contributed by atoms with Crippen molar-refractivity contribution in [1.82, 2.24) is 10.6 Å². The first-order chi connectivity index (χ1) is 8.33. The number of carbonyl (C=O) groups is 1. The van der Waals surface area contributed by atoms with Crippen LogP contribution in [0.25, 0.3) is 0 Å². The van der Waals surface area contributed by atoms with Crippen molar-refractivity contribution in [2.75, 3.05) is 40.0 Å². The minimum Gasteiger partial charge on any atom is -0.382 e. The number of amides is 1. The van der Waals surface area contributed by atoms with Gasteiger partial charge in [-0.15, -0.1) is 0 Å². The zero-order valence-electron chi connectivity index (χ0n) is 10.7. The Morgan fingerprint density at radius 1 is 1.24 bits per heavy atom. The molecule has 1 rings (SSSR count). The fourth-order valence-corrected chi connectivity index (χ4v) is 1.41. The number of ether oxygens (including phenoxy) is 2. The van der Waals surface area contributed by atoms with Crippen LogP contribution in [0.15, 0.2) is 0 Å². The van der Waals surface area contributed by atoms with Gasteiger partial charge in [-0.1, -0.05) is 0 Å². The van der Waals surface area contributed by atoms with E-state index in [-0.39, 0.29) is 5.91 Å². The van der Waals surface area contributed by atoms with Crippen LogP contribution < -0.4 is 10.6 Å². The van der Waals surface area contributed by atoms with E-state index in [4.69, 9.17) is 9.47 Å². The van der Waals surface area contributed by atoms with Crippen molar-refractivity contribution >= 4 is 5.91 Å². The van der Waals surface area contributed by atoms with Crippen LogP contribution in [0.3, 0.4) is 0 Å². The minimum atomic E-state index is 0.115. The highest BCUT2D eigenvalue weighted by Gasteiger charge is 2.22. The van der Waals surface area contributed by atoms with Crippen LogP contribution in [-0.2, 0) is 14.3 Å². The van der Waals surface area contributed by atoms with Gasteiger partial charge in [-0.2, -0.15) is 0 Å². The number of carbonyl (C=O) groups excluding carboxylic acids is 1. The molecule has 1 fully saturated rings. The minimum absolute atomic E-state index is 0.115. The predicted molar refractivity (Wildman–Crippen MR) is 66.0 cm³/mol. The summed E-state index contributed by atoms with van der Waals surface area (Å²) in [6.45, 7) is 3.37. The highest BCUT2D eigenvalue weighted by atomic mass is 16.5. The summed E-state index contributed by atoms with van der Waals surface area (Å²) in [6.07, 6.45) is 4.33. The molecule has 0 atom stereocenters. The van der Waals surface area contributed by atoms with Gasteiger partial charge in [0.25, 0.3) is 0 Å². The zero-order chi connectivity index (χ0) is 12.3. The number of nitrogens with one attached hydrogen (secondary N) is 2. The normalized spacial score (nSPS) is 14.9. The second-order valence-corrected chi connectivity index (χ2v) is 4.33. The molecule has 100 valence electrons. The van der Waals surface area contributed by atoms with E-state index in [1.54, 1.807) is 7.11 Å². The van der Waals surface area contributed by atoms with Gasteiger partial charge >= 0.3 is 0 Å². The quantitative estimate of drug-likeness (QED) is 0.513. The standard InChI is InChI=1S/C12H24N2O3/c1-16-8-9-17-7-3-2-6-13-10-12(15)14-11-4-5-11/h11,13H,2-10H2,1H3,(H,14,15). The molecule has 0 bridgehead atoms. The summed E-state index contributed by atoms with van der Waals surface area (Å²) in [7, 11) is 1.67. The maximum Gasteiger partial charge on any atom is 0.234 e. The second kappa shape index (κ2) is 9.39. The second-order valence-electron chi connectivity index (χ2n) is 4.33. The lowest BCUT2D eigenvalue weighted by Gasteiger charge is -2.06. The first kappa shape index (κ1) is 14.4. The van der Waals surface area contributed by atoms with Crippen molar-refractivity contribution in [2.45, 2.75) is 31.7 Å². The van der Waals surface area contributed by atoms with Gasteiger partial charge in [-0.05, 0) is 32.2 Å². The average Bonchev–Trinajstić information content (AvgIpc) is 3.11. The van der Waals surface area contributed by atoms with Crippen LogP contribution >= 0.6 is 0 Å². The van der Waals surface area contributed by atoms with Crippen molar-refractivity contribution in [3.8, 4) is 0 Å². The maximum atomic E-state index is 11.3. The Bertz CT molecular complexity index is 208. The Hall–Kier alpha value is -0.650. The Labute approximate surface area is 103 Å². The van der Waals surface area contributed by atoms with Crippen LogP contribution in [0.1, 0.15) is 25.7 Å². The van der Waals surface area contributed by atoms with E-state index in [1.807, 2.05) is 0 Å². The molecule has 0 radical (unpaired) electrons. The van der Waals surface area contributed by atoms with Crippen LogP contribution in [0.5, 0.6) is 0 Å². The van der Waals surface area contributed by atoms with E-state index in [9.17, 15) is 4.79 Å². The molecule has 0 aromatic rings. The molecule has 0 spiro atoms. The lowest BCUT2D eigenvalue weighted by Crippen LogP contribution is -2.35. The molecule has 0 aromatic heterocycles. The summed E-state index contributed by atoms with van der Waals surface area (Å²) in [4.78, 5) is 11.3. The Morgan fingerprint density at radius 2 is 2.06 bits per heavy atom. The summed E-state index contributed by atoms with van der Waals surface area (Å²) in [5.41, 5.74) is 0. The maximum absolute atomic E-state index is 11.3. The first-order valence-corrected chi connectivity index (χ1v) is 6.39. The molecule has 1 aliphatic carbocycles. The third-order valence-corrected chi connectivity index (χ3v) is 2.55. The summed E-state index contributed by atoms with van der Waals surface area (Å²) < 4.78 is 10.2. The number of rotatable bonds is 11. The topological polar surface area (TPSA) is 59.6 Å². The Balaban J connectivity index is 1.73. The van der Waals surface area contributed by atoms with E-state index in [0.29, 0.717) is 25.8 Å². The average molecular weight is 244 g/mol. The summed E-state index contributed by atoms with van der Waals surface area (Å²) in [5.74, 6) is 0.115. The third-order valence-electron chi connectivity index (χ3n) is 2.55. The fraction of sp³-hybridized carbons (Fsp3) is 0.917. The summed E-state index contributed by atoms with van der Waals surface area (Å²) >= 11 is 0. The molecule has 17 heavy (non-hydrogen) atoms. The van der Waals surface area contributed by atoms with Gasteiger partial charge in [0.1, 0.15) is 0 Å². The molecule has 1 aliphatic rings. The van der Waals surface area contributed by atoms with Gasteiger partial charge in [0.15, 0.2) is 0 Å². The van der Waals surface area contributed by atoms with Gasteiger partial charge in [0, 0.05) is 19.8 Å². The molecule has 0 aliphatic heterocycles. The molecule has 0 saturated heterocycles. The molecule has 5 nitrogen and oxygen atoms in total. The Kier molecular flexibility index (Phi) is 7.96. The summed E-state index contributed by atoms with van der Waals surface area (Å²) in [5, 5.41) is 6.07. The summed E-state index contributed by atoms with van der Waals surface area (Å²) in [6, 6.07) is 0.457. The van der Waals surface area contributed by atoms with Crippen molar-refractivity contribution in [1.29, 1.82) is 0 Å². The monoisotopic (exact) mass is 244 g/mol. The molecule has 0 heterocycles. The van der Waals surface area contributed by atoms with E-state index in [0.717, 1.165) is 38.8 Å². The van der Waals surface area contributed by atoms with E-state index in [1.165, 1.54) is 0 Å². The zero-order valence-corrected chi connectivity index (χ0v) is 10.7. The fourth-order valence-electron chi connectivity index (χ4n) is 1.41. The molecule has 0 aromatic carbocycles. The van der Waals surface area contributed by atoms with Crippen LogP contribution in [0.4, 0.5) is 0 Å². The van der Waals surface area contributed by atoms with Gasteiger partial charge in [-0.25, -0.2) is 0 Å². The molecule has 0 unspecified atom stereocenters. The number of hydrogen-bond donors (Lipinski definition) is 2. The van der Waals surface area contributed by atoms with Gasteiger partial charge in [0.2, 0.25) is 5.91 Å². The predicted octanol–water partition coefficient (Wildman–Crippen LogP) is 0.298. The highest BCUT2D eigenvalue weighted by molar-refractivity contribution is 5.78. The van der Waals surface area contributed by atoms with Gasteiger partial charge in [0.05, 0.1) is 19.8 Å². The van der Waals surface area contributed by atoms with Crippen molar-refractivity contribution < 1.29 is 14.3 Å². The number of hydrogen-bond acceptors (Lipinski definition) is 4. The number of methoxy groups -OCH3 is 1. The van der Waals surface area contributed by atoms with Crippen LogP contribution in [0, 0.1) is 0 Å². The van der Waals surface area contributed by atoms with Gasteiger partial charge in [-0.3, -0.25) is 4.79 Å². The SMILES string of the molecule is COCCOCCCCNCC(=O)NC1CC1. The van der Waals surface area contributed by atoms with Crippen LogP contribution in [0.2, 0.25) is 0 Å². The van der Waals surface area contributed by atoms with Crippen molar-refractivity contribution in [3.63, 3.8) is 0 Å². The Morgan fingerprint density at radius 3 is 2.76 bits per heavy atom. The largest absolute Gasteiger partial charge is 0.382 e. The van der Waals surface area contributed by atoms with E-state index >= 15 is 0 Å². The highest BCUT2D eigenvalue weighted by Crippen LogP contribution is 2.18. The lowest BCUT2D eigenvalue weighted by atomic mass is 10.3.